The quantitative estimate of drug-likeness (QED) is 0.524. The molecule has 0 saturated heterocycles. The van der Waals surface area contributed by atoms with Crippen molar-refractivity contribution in [1.82, 2.24) is 9.38 Å². The van der Waals surface area contributed by atoms with E-state index in [9.17, 15) is 9.59 Å². The van der Waals surface area contributed by atoms with Crippen molar-refractivity contribution in [2.24, 2.45) is 17.3 Å². The van der Waals surface area contributed by atoms with Gasteiger partial charge in [-0.05, 0) is 74.3 Å². The minimum absolute atomic E-state index is 0.0564. The highest BCUT2D eigenvalue weighted by molar-refractivity contribution is 9.10. The molecule has 0 N–H and O–H groups in total. The number of pyridine rings is 1. The SMILES string of the molecule is Cc1ccc2nc(COC(=O)CC34C[C@@H]5C[C@H](CC(Br)(C5)C3)C4)cc(=O)n2c1. The zero-order chi connectivity index (χ0) is 19.5. The minimum Gasteiger partial charge on any atom is -0.459 e. The highest BCUT2D eigenvalue weighted by atomic mass is 79.9. The van der Waals surface area contributed by atoms with E-state index in [1.165, 1.54) is 29.7 Å². The molecule has 5 nitrogen and oxygen atoms in total. The third kappa shape index (κ3) is 3.30. The van der Waals surface area contributed by atoms with Crippen LogP contribution in [0.15, 0.2) is 29.2 Å². The number of aromatic nitrogens is 2. The van der Waals surface area contributed by atoms with Gasteiger partial charge in [-0.15, -0.1) is 0 Å². The summed E-state index contributed by atoms with van der Waals surface area (Å²) >= 11 is 4.00. The van der Waals surface area contributed by atoms with Gasteiger partial charge in [0.2, 0.25) is 0 Å². The Morgan fingerprint density at radius 3 is 2.75 bits per heavy atom. The van der Waals surface area contributed by atoms with E-state index in [2.05, 4.69) is 20.9 Å². The fourth-order valence-electron chi connectivity index (χ4n) is 6.39. The first-order chi connectivity index (χ1) is 13.3. The van der Waals surface area contributed by atoms with Crippen LogP contribution in [0.25, 0.3) is 5.65 Å². The third-order valence-corrected chi connectivity index (χ3v) is 7.80. The lowest BCUT2D eigenvalue weighted by molar-refractivity contribution is -0.152. The van der Waals surface area contributed by atoms with E-state index in [1.54, 1.807) is 6.20 Å². The van der Waals surface area contributed by atoms with Gasteiger partial charge in [0.05, 0.1) is 12.1 Å². The molecule has 0 radical (unpaired) electrons. The topological polar surface area (TPSA) is 60.7 Å². The van der Waals surface area contributed by atoms with Crippen molar-refractivity contribution >= 4 is 27.5 Å². The summed E-state index contributed by atoms with van der Waals surface area (Å²) < 4.78 is 7.32. The van der Waals surface area contributed by atoms with Gasteiger partial charge >= 0.3 is 5.97 Å². The second-order valence-corrected chi connectivity index (χ2v) is 11.2. The Balaban J connectivity index is 1.28. The Morgan fingerprint density at radius 1 is 1.29 bits per heavy atom. The maximum atomic E-state index is 12.6. The molecule has 2 aromatic heterocycles. The van der Waals surface area contributed by atoms with Crippen LogP contribution < -0.4 is 5.56 Å². The van der Waals surface area contributed by atoms with Gasteiger partial charge in [-0.2, -0.15) is 0 Å². The summed E-state index contributed by atoms with van der Waals surface area (Å²) in [6.07, 6.45) is 9.48. The maximum absolute atomic E-state index is 12.6. The number of hydrogen-bond acceptors (Lipinski definition) is 4. The van der Waals surface area contributed by atoms with E-state index in [-0.39, 0.29) is 27.9 Å². The molecular weight excluding hydrogens is 420 g/mol. The highest BCUT2D eigenvalue weighted by Crippen LogP contribution is 2.65. The molecule has 0 unspecified atom stereocenters. The van der Waals surface area contributed by atoms with Crippen molar-refractivity contribution in [3.63, 3.8) is 0 Å². The van der Waals surface area contributed by atoms with Crippen molar-refractivity contribution < 1.29 is 9.53 Å². The zero-order valence-corrected chi connectivity index (χ0v) is 17.7. The molecule has 4 fully saturated rings. The number of fused-ring (bicyclic) bond motifs is 1. The number of aryl methyl sites for hydroxylation is 1. The molecule has 6 heteroatoms. The summed E-state index contributed by atoms with van der Waals surface area (Å²) in [6.45, 7) is 1.99. The second-order valence-electron chi connectivity index (χ2n) is 9.47. The molecule has 0 aromatic carbocycles. The van der Waals surface area contributed by atoms with Crippen LogP contribution in [-0.4, -0.2) is 19.7 Å². The number of carbonyl (C=O) groups excluding carboxylic acids is 1. The van der Waals surface area contributed by atoms with E-state index >= 15 is 0 Å². The average molecular weight is 445 g/mol. The Bertz CT molecular complexity index is 1000. The van der Waals surface area contributed by atoms with Gasteiger partial charge < -0.3 is 4.74 Å². The number of hydrogen-bond donors (Lipinski definition) is 0. The lowest BCUT2D eigenvalue weighted by atomic mass is 9.49. The van der Waals surface area contributed by atoms with Gasteiger partial charge in [0.25, 0.3) is 5.56 Å². The molecule has 2 aromatic rings. The minimum atomic E-state index is -0.163. The fraction of sp³-hybridized carbons (Fsp3) is 0.591. The van der Waals surface area contributed by atoms with Crippen molar-refractivity contribution in [2.75, 3.05) is 0 Å². The number of carbonyl (C=O) groups is 1. The molecular formula is C22H25BrN2O3. The summed E-state index contributed by atoms with van der Waals surface area (Å²) in [5.74, 6) is 1.34. The van der Waals surface area contributed by atoms with Gasteiger partial charge in [0.1, 0.15) is 12.3 Å². The summed E-state index contributed by atoms with van der Waals surface area (Å²) in [5, 5.41) is 0. The number of halogens is 1. The lowest BCUT2D eigenvalue weighted by Crippen LogP contribution is -2.53. The predicted molar refractivity (Wildman–Crippen MR) is 109 cm³/mol. The number of esters is 1. The van der Waals surface area contributed by atoms with Gasteiger partial charge in [-0.1, -0.05) is 22.0 Å². The monoisotopic (exact) mass is 444 g/mol. The molecule has 6 rings (SSSR count). The van der Waals surface area contributed by atoms with E-state index in [4.69, 9.17) is 4.74 Å². The van der Waals surface area contributed by atoms with Crippen LogP contribution in [0.1, 0.15) is 56.2 Å². The third-order valence-electron chi connectivity index (χ3n) is 6.87. The molecule has 4 bridgehead atoms. The molecule has 4 aliphatic rings. The molecule has 148 valence electrons. The normalized spacial score (nSPS) is 33.4. The number of rotatable bonds is 4. The van der Waals surface area contributed by atoms with Crippen LogP contribution in [0.2, 0.25) is 0 Å². The van der Waals surface area contributed by atoms with Crippen molar-refractivity contribution in [2.45, 2.75) is 62.8 Å². The first-order valence-corrected chi connectivity index (χ1v) is 10.9. The molecule has 0 aliphatic heterocycles. The molecule has 4 aliphatic carbocycles. The Labute approximate surface area is 172 Å². The molecule has 0 spiro atoms. The number of nitrogens with zero attached hydrogens (tertiary/aromatic N) is 2. The fourth-order valence-corrected chi connectivity index (χ4v) is 7.90. The maximum Gasteiger partial charge on any atom is 0.306 e. The zero-order valence-electron chi connectivity index (χ0n) is 16.1. The van der Waals surface area contributed by atoms with Crippen LogP contribution in [0.4, 0.5) is 0 Å². The van der Waals surface area contributed by atoms with E-state index < -0.39 is 0 Å². The van der Waals surface area contributed by atoms with Crippen LogP contribution in [-0.2, 0) is 16.1 Å². The van der Waals surface area contributed by atoms with E-state index in [1.807, 2.05) is 19.1 Å². The van der Waals surface area contributed by atoms with Gasteiger partial charge in [-0.3, -0.25) is 14.0 Å². The van der Waals surface area contributed by atoms with Crippen LogP contribution in [0.3, 0.4) is 0 Å². The van der Waals surface area contributed by atoms with Gasteiger partial charge in [0, 0.05) is 16.6 Å². The highest BCUT2D eigenvalue weighted by Gasteiger charge is 2.57. The molecule has 0 amide bonds. The number of alkyl halides is 1. The standard InChI is InChI=1S/C22H25BrN2O3/c1-14-2-3-18-24-17(5-19(26)25(18)11-14)12-28-20(27)10-21-6-15-4-16(7-21)9-22(23,8-15)13-21/h2-3,5,11,15-16H,4,6-10,12-13H2,1H3/t15-,16-,21?,22?/m0/s1. The van der Waals surface area contributed by atoms with Gasteiger partial charge in [0.15, 0.2) is 0 Å². The van der Waals surface area contributed by atoms with Gasteiger partial charge in [-0.25, -0.2) is 4.98 Å². The molecule has 28 heavy (non-hydrogen) atoms. The summed E-state index contributed by atoms with van der Waals surface area (Å²) in [7, 11) is 0. The Hall–Kier alpha value is -1.69. The van der Waals surface area contributed by atoms with Crippen LogP contribution in [0.5, 0.6) is 0 Å². The summed E-state index contributed by atoms with van der Waals surface area (Å²) in [5.41, 5.74) is 2.02. The summed E-state index contributed by atoms with van der Waals surface area (Å²) in [4.78, 5) is 29.4. The number of ether oxygens (including phenoxy) is 1. The summed E-state index contributed by atoms with van der Waals surface area (Å²) in [6, 6.07) is 5.19. The average Bonchev–Trinajstić information content (AvgIpc) is 2.58. The Morgan fingerprint density at radius 2 is 2.04 bits per heavy atom. The van der Waals surface area contributed by atoms with E-state index in [0.29, 0.717) is 17.8 Å². The lowest BCUT2D eigenvalue weighted by Gasteiger charge is -2.60. The van der Waals surface area contributed by atoms with Crippen molar-refractivity contribution in [3.8, 4) is 0 Å². The van der Waals surface area contributed by atoms with Crippen molar-refractivity contribution in [3.05, 3.63) is 46.0 Å². The molecule has 2 atom stereocenters. The smallest absolute Gasteiger partial charge is 0.306 e. The Kier molecular flexibility index (Phi) is 4.20. The van der Waals surface area contributed by atoms with Crippen molar-refractivity contribution in [1.29, 1.82) is 0 Å². The second kappa shape index (κ2) is 6.41. The predicted octanol–water partition coefficient (Wildman–Crippen LogP) is 4.17. The molecule has 4 saturated carbocycles. The van der Waals surface area contributed by atoms with Crippen LogP contribution >= 0.6 is 15.9 Å². The largest absolute Gasteiger partial charge is 0.459 e. The van der Waals surface area contributed by atoms with E-state index in [0.717, 1.165) is 36.7 Å². The first-order valence-electron chi connectivity index (χ1n) is 10.2. The molecule has 2 heterocycles. The van der Waals surface area contributed by atoms with Crippen LogP contribution in [0, 0.1) is 24.2 Å². The first kappa shape index (κ1) is 18.3.